The molecule has 1 rings (SSSR count). The lowest BCUT2D eigenvalue weighted by atomic mass is 10.1. The summed E-state index contributed by atoms with van der Waals surface area (Å²) in [4.78, 5) is 12.5. The monoisotopic (exact) mass is 199 g/mol. The second kappa shape index (κ2) is 5.78. The highest BCUT2D eigenvalue weighted by molar-refractivity contribution is 5.68. The first-order valence-corrected chi connectivity index (χ1v) is 4.89. The molecule has 1 saturated heterocycles. The largest absolute Gasteiger partial charge is 0.480 e. The number of carbonyl (C=O) groups is 1. The van der Waals surface area contributed by atoms with Crippen molar-refractivity contribution in [3.63, 3.8) is 0 Å². The molecule has 14 heavy (non-hydrogen) atoms. The first kappa shape index (κ1) is 11.2. The van der Waals surface area contributed by atoms with Gasteiger partial charge >= 0.3 is 5.97 Å². The van der Waals surface area contributed by atoms with Gasteiger partial charge in [0.1, 0.15) is 6.61 Å². The lowest BCUT2D eigenvalue weighted by molar-refractivity contribution is -0.145. The minimum absolute atomic E-state index is 0.118. The fourth-order valence-corrected chi connectivity index (χ4v) is 1.63. The van der Waals surface area contributed by atoms with Gasteiger partial charge in [-0.1, -0.05) is 6.08 Å². The van der Waals surface area contributed by atoms with Crippen LogP contribution in [0.2, 0.25) is 0 Å². The summed E-state index contributed by atoms with van der Waals surface area (Å²) in [5.41, 5.74) is 0. The lowest BCUT2D eigenvalue weighted by Crippen LogP contribution is -2.37. The molecule has 1 N–H and O–H groups in total. The smallest absolute Gasteiger partial charge is 0.329 e. The van der Waals surface area contributed by atoms with Crippen LogP contribution in [0.5, 0.6) is 0 Å². The summed E-state index contributed by atoms with van der Waals surface area (Å²) in [6.45, 7) is 6.35. The van der Waals surface area contributed by atoms with Crippen molar-refractivity contribution in [1.29, 1.82) is 0 Å². The second-order valence-corrected chi connectivity index (χ2v) is 3.49. The molecule has 0 aliphatic carbocycles. The molecule has 0 aromatic carbocycles. The zero-order valence-electron chi connectivity index (χ0n) is 8.32. The Labute approximate surface area is 84.2 Å². The molecule has 0 saturated carbocycles. The number of carboxylic acid groups (broad SMARTS) is 1. The summed E-state index contributed by atoms with van der Waals surface area (Å²) in [5.74, 6) is -0.890. The number of ether oxygens (including phenoxy) is 1. The third-order valence-corrected chi connectivity index (χ3v) is 2.36. The maximum Gasteiger partial charge on any atom is 0.329 e. The topological polar surface area (TPSA) is 49.8 Å². The van der Waals surface area contributed by atoms with E-state index in [1.54, 1.807) is 0 Å². The summed E-state index contributed by atoms with van der Waals surface area (Å²) in [5, 5.41) is 8.43. The third-order valence-electron chi connectivity index (χ3n) is 2.36. The molecule has 1 heterocycles. The highest BCUT2D eigenvalue weighted by Crippen LogP contribution is 2.13. The molecule has 1 aliphatic heterocycles. The Kier molecular flexibility index (Phi) is 4.62. The molecule has 4 heteroatoms. The van der Waals surface area contributed by atoms with E-state index < -0.39 is 5.97 Å². The molecule has 0 radical (unpaired) electrons. The summed E-state index contributed by atoms with van der Waals surface area (Å²) < 4.78 is 5.22. The molecule has 0 amide bonds. The minimum Gasteiger partial charge on any atom is -0.480 e. The van der Waals surface area contributed by atoms with E-state index in [9.17, 15) is 4.79 Å². The zero-order chi connectivity index (χ0) is 10.4. The molecule has 80 valence electrons. The van der Waals surface area contributed by atoms with Crippen molar-refractivity contribution >= 4 is 5.97 Å². The van der Waals surface area contributed by atoms with Crippen molar-refractivity contribution in [1.82, 2.24) is 4.90 Å². The standard InChI is InChI=1S/C10H17NO3/c1-2-5-11-6-3-9(4-7-11)14-8-10(12)13/h2,9H,1,3-8H2,(H,12,13). The Morgan fingerprint density at radius 2 is 2.21 bits per heavy atom. The van der Waals surface area contributed by atoms with Gasteiger partial charge in [0.05, 0.1) is 6.10 Å². The van der Waals surface area contributed by atoms with Gasteiger partial charge < -0.3 is 9.84 Å². The molecule has 0 atom stereocenters. The number of rotatable bonds is 5. The summed E-state index contributed by atoms with van der Waals surface area (Å²) in [7, 11) is 0. The first-order chi connectivity index (χ1) is 6.72. The van der Waals surface area contributed by atoms with Crippen LogP contribution in [-0.2, 0) is 9.53 Å². The normalized spacial score (nSPS) is 19.4. The average molecular weight is 199 g/mol. The molecular formula is C10H17NO3. The van der Waals surface area contributed by atoms with E-state index in [-0.39, 0.29) is 12.7 Å². The highest BCUT2D eigenvalue weighted by Gasteiger charge is 2.19. The van der Waals surface area contributed by atoms with Gasteiger partial charge in [0.15, 0.2) is 0 Å². The highest BCUT2D eigenvalue weighted by atomic mass is 16.5. The number of nitrogens with zero attached hydrogens (tertiary/aromatic N) is 1. The molecule has 4 nitrogen and oxygen atoms in total. The van der Waals surface area contributed by atoms with Crippen LogP contribution in [0, 0.1) is 0 Å². The molecule has 0 bridgehead atoms. The maximum absolute atomic E-state index is 10.3. The van der Waals surface area contributed by atoms with E-state index in [0.717, 1.165) is 32.5 Å². The Balaban J connectivity index is 2.15. The van der Waals surface area contributed by atoms with Crippen LogP contribution in [0.3, 0.4) is 0 Å². The van der Waals surface area contributed by atoms with Crippen LogP contribution >= 0.6 is 0 Å². The van der Waals surface area contributed by atoms with Crippen LogP contribution in [0.15, 0.2) is 12.7 Å². The van der Waals surface area contributed by atoms with E-state index in [0.29, 0.717) is 0 Å². The first-order valence-electron chi connectivity index (χ1n) is 4.89. The van der Waals surface area contributed by atoms with Crippen molar-refractivity contribution in [2.24, 2.45) is 0 Å². The molecule has 0 aromatic heterocycles. The molecule has 1 fully saturated rings. The fourth-order valence-electron chi connectivity index (χ4n) is 1.63. The predicted molar refractivity (Wildman–Crippen MR) is 53.2 cm³/mol. The van der Waals surface area contributed by atoms with Crippen molar-refractivity contribution in [2.75, 3.05) is 26.2 Å². The van der Waals surface area contributed by atoms with E-state index in [1.807, 2.05) is 6.08 Å². The lowest BCUT2D eigenvalue weighted by Gasteiger charge is -2.30. The molecule has 0 aromatic rings. The van der Waals surface area contributed by atoms with Gasteiger partial charge in [-0.05, 0) is 12.8 Å². The quantitative estimate of drug-likeness (QED) is 0.663. The number of carboxylic acids is 1. The van der Waals surface area contributed by atoms with Crippen LogP contribution in [-0.4, -0.2) is 48.3 Å². The molecule has 0 unspecified atom stereocenters. The van der Waals surface area contributed by atoms with Gasteiger partial charge in [-0.3, -0.25) is 4.90 Å². The van der Waals surface area contributed by atoms with Crippen molar-refractivity contribution < 1.29 is 14.6 Å². The van der Waals surface area contributed by atoms with Crippen LogP contribution in [0.4, 0.5) is 0 Å². The third kappa shape index (κ3) is 3.89. The van der Waals surface area contributed by atoms with Gasteiger partial charge in [0.25, 0.3) is 0 Å². The van der Waals surface area contributed by atoms with Crippen molar-refractivity contribution in [3.8, 4) is 0 Å². The Morgan fingerprint density at radius 3 is 2.71 bits per heavy atom. The zero-order valence-corrected chi connectivity index (χ0v) is 8.32. The number of aliphatic carboxylic acids is 1. The van der Waals surface area contributed by atoms with Gasteiger partial charge in [0, 0.05) is 19.6 Å². The van der Waals surface area contributed by atoms with Gasteiger partial charge in [-0.25, -0.2) is 4.79 Å². The summed E-state index contributed by atoms with van der Waals surface area (Å²) in [6.07, 6.45) is 3.84. The van der Waals surface area contributed by atoms with Gasteiger partial charge in [-0.15, -0.1) is 6.58 Å². The number of piperidine rings is 1. The van der Waals surface area contributed by atoms with Gasteiger partial charge in [0.2, 0.25) is 0 Å². The number of likely N-dealkylation sites (tertiary alicyclic amines) is 1. The predicted octanol–water partition coefficient (Wildman–Crippen LogP) is 0.738. The van der Waals surface area contributed by atoms with E-state index in [1.165, 1.54) is 0 Å². The Hall–Kier alpha value is -0.870. The molecular weight excluding hydrogens is 182 g/mol. The number of hydrogen-bond acceptors (Lipinski definition) is 3. The number of hydrogen-bond donors (Lipinski definition) is 1. The molecule has 1 aliphatic rings. The fraction of sp³-hybridized carbons (Fsp3) is 0.700. The van der Waals surface area contributed by atoms with Crippen LogP contribution < -0.4 is 0 Å². The Bertz CT molecular complexity index is 198. The van der Waals surface area contributed by atoms with Crippen LogP contribution in [0.1, 0.15) is 12.8 Å². The summed E-state index contributed by atoms with van der Waals surface area (Å²) in [6, 6.07) is 0. The second-order valence-electron chi connectivity index (χ2n) is 3.49. The minimum atomic E-state index is -0.890. The SMILES string of the molecule is C=CCN1CCC(OCC(=O)O)CC1. The van der Waals surface area contributed by atoms with Crippen molar-refractivity contribution in [2.45, 2.75) is 18.9 Å². The van der Waals surface area contributed by atoms with Crippen molar-refractivity contribution in [3.05, 3.63) is 12.7 Å². The van der Waals surface area contributed by atoms with E-state index >= 15 is 0 Å². The van der Waals surface area contributed by atoms with E-state index in [2.05, 4.69) is 11.5 Å². The van der Waals surface area contributed by atoms with Gasteiger partial charge in [-0.2, -0.15) is 0 Å². The average Bonchev–Trinajstić information content (AvgIpc) is 2.17. The maximum atomic E-state index is 10.3. The molecule has 0 spiro atoms. The van der Waals surface area contributed by atoms with E-state index in [4.69, 9.17) is 9.84 Å². The van der Waals surface area contributed by atoms with Crippen LogP contribution in [0.25, 0.3) is 0 Å². The Morgan fingerprint density at radius 1 is 1.57 bits per heavy atom. The summed E-state index contributed by atoms with van der Waals surface area (Å²) >= 11 is 0.